The van der Waals surface area contributed by atoms with E-state index in [0.717, 1.165) is 43.6 Å². The SMILES string of the molecule is CCCCC/C=C/CC1=NCC[N+]1(CC)CCNC(C)=O. The Morgan fingerprint density at radius 2 is 2.14 bits per heavy atom. The number of carbonyl (C=O) groups is 1. The molecule has 4 heteroatoms. The van der Waals surface area contributed by atoms with E-state index in [0.29, 0.717) is 0 Å². The fourth-order valence-electron chi connectivity index (χ4n) is 2.91. The molecule has 1 amide bonds. The monoisotopic (exact) mass is 294 g/mol. The van der Waals surface area contributed by atoms with Crippen molar-refractivity contribution in [2.45, 2.75) is 52.9 Å². The molecule has 4 nitrogen and oxygen atoms in total. The maximum atomic E-state index is 11.0. The molecule has 1 aliphatic heterocycles. The van der Waals surface area contributed by atoms with E-state index in [-0.39, 0.29) is 5.91 Å². The Bertz CT molecular complexity index is 376. The first-order valence-electron chi connectivity index (χ1n) is 8.44. The van der Waals surface area contributed by atoms with Gasteiger partial charge in [-0.2, -0.15) is 0 Å². The van der Waals surface area contributed by atoms with Gasteiger partial charge < -0.3 is 5.32 Å². The molecule has 0 saturated carbocycles. The summed E-state index contributed by atoms with van der Waals surface area (Å²) < 4.78 is 0.944. The second kappa shape index (κ2) is 9.72. The number of hydrogen-bond donors (Lipinski definition) is 1. The number of likely N-dealkylation sites (N-methyl/N-ethyl adjacent to an activating group) is 1. The predicted octanol–water partition coefficient (Wildman–Crippen LogP) is 2.90. The molecule has 120 valence electrons. The van der Waals surface area contributed by atoms with Gasteiger partial charge in [0.15, 0.2) is 0 Å². The molecule has 0 aromatic rings. The summed E-state index contributed by atoms with van der Waals surface area (Å²) in [6.07, 6.45) is 10.6. The van der Waals surface area contributed by atoms with E-state index in [4.69, 9.17) is 4.99 Å². The number of carbonyl (C=O) groups excluding carboxylic acids is 1. The summed E-state index contributed by atoms with van der Waals surface area (Å²) in [5, 5.41) is 2.91. The Hall–Kier alpha value is -1.16. The third-order valence-corrected chi connectivity index (χ3v) is 4.33. The fraction of sp³-hybridized carbons (Fsp3) is 0.765. The topological polar surface area (TPSA) is 41.5 Å². The third kappa shape index (κ3) is 6.00. The van der Waals surface area contributed by atoms with Crippen molar-refractivity contribution in [3.8, 4) is 0 Å². The highest BCUT2D eigenvalue weighted by Gasteiger charge is 2.35. The van der Waals surface area contributed by atoms with Crippen LogP contribution in [0.1, 0.15) is 52.9 Å². The van der Waals surface area contributed by atoms with E-state index < -0.39 is 0 Å². The quantitative estimate of drug-likeness (QED) is 0.376. The van der Waals surface area contributed by atoms with Crippen LogP contribution >= 0.6 is 0 Å². The summed E-state index contributed by atoms with van der Waals surface area (Å²) in [5.74, 6) is 1.34. The van der Waals surface area contributed by atoms with Gasteiger partial charge in [-0.15, -0.1) is 0 Å². The zero-order chi connectivity index (χ0) is 15.6. The van der Waals surface area contributed by atoms with Crippen molar-refractivity contribution in [1.82, 2.24) is 5.32 Å². The Kier molecular flexibility index (Phi) is 8.28. The highest BCUT2D eigenvalue weighted by Crippen LogP contribution is 2.17. The average Bonchev–Trinajstić information content (AvgIpc) is 2.86. The summed E-state index contributed by atoms with van der Waals surface area (Å²) in [4.78, 5) is 15.7. The largest absolute Gasteiger partial charge is 0.351 e. The zero-order valence-electron chi connectivity index (χ0n) is 14.0. The van der Waals surface area contributed by atoms with E-state index in [2.05, 4.69) is 31.3 Å². The van der Waals surface area contributed by atoms with Crippen molar-refractivity contribution in [3.05, 3.63) is 12.2 Å². The van der Waals surface area contributed by atoms with Gasteiger partial charge in [0, 0.05) is 6.92 Å². The molecule has 1 atom stereocenters. The third-order valence-electron chi connectivity index (χ3n) is 4.33. The maximum absolute atomic E-state index is 11.0. The predicted molar refractivity (Wildman–Crippen MR) is 89.4 cm³/mol. The lowest BCUT2D eigenvalue weighted by atomic mass is 10.2. The number of nitrogens with zero attached hydrogens (tertiary/aromatic N) is 2. The van der Waals surface area contributed by atoms with Gasteiger partial charge in [0.05, 0.1) is 26.1 Å². The van der Waals surface area contributed by atoms with Gasteiger partial charge in [0.1, 0.15) is 13.1 Å². The van der Waals surface area contributed by atoms with Crippen molar-refractivity contribution in [2.75, 3.05) is 32.7 Å². The Balaban J connectivity index is 2.44. The first-order chi connectivity index (χ1) is 10.1. The number of nitrogens with one attached hydrogen (secondary N) is 1. The molecule has 0 fully saturated rings. The van der Waals surface area contributed by atoms with Crippen molar-refractivity contribution in [1.29, 1.82) is 0 Å². The molecule has 21 heavy (non-hydrogen) atoms. The Morgan fingerprint density at radius 3 is 2.81 bits per heavy atom. The highest BCUT2D eigenvalue weighted by atomic mass is 16.1. The van der Waals surface area contributed by atoms with Crippen molar-refractivity contribution >= 4 is 11.7 Å². The fourth-order valence-corrected chi connectivity index (χ4v) is 2.91. The van der Waals surface area contributed by atoms with Crippen LogP contribution in [0.4, 0.5) is 0 Å². The van der Waals surface area contributed by atoms with Crippen LogP contribution in [0.25, 0.3) is 0 Å². The van der Waals surface area contributed by atoms with Crippen LogP contribution in [0, 0.1) is 0 Å². The van der Waals surface area contributed by atoms with Crippen LogP contribution in [0.2, 0.25) is 0 Å². The van der Waals surface area contributed by atoms with E-state index >= 15 is 0 Å². The van der Waals surface area contributed by atoms with Crippen LogP contribution in [-0.4, -0.2) is 48.9 Å². The van der Waals surface area contributed by atoms with Gasteiger partial charge in [-0.1, -0.05) is 31.9 Å². The lowest BCUT2D eigenvalue weighted by molar-refractivity contribution is -0.832. The van der Waals surface area contributed by atoms with Gasteiger partial charge in [-0.3, -0.25) is 9.28 Å². The molecule has 1 unspecified atom stereocenters. The lowest BCUT2D eigenvalue weighted by Crippen LogP contribution is -2.53. The summed E-state index contributed by atoms with van der Waals surface area (Å²) in [5.41, 5.74) is 0. The molecule has 0 radical (unpaired) electrons. The second-order valence-corrected chi connectivity index (χ2v) is 5.86. The highest BCUT2D eigenvalue weighted by molar-refractivity contribution is 5.78. The van der Waals surface area contributed by atoms with Crippen molar-refractivity contribution < 1.29 is 9.28 Å². The van der Waals surface area contributed by atoms with Gasteiger partial charge in [-0.25, -0.2) is 4.99 Å². The van der Waals surface area contributed by atoms with E-state index in [1.54, 1.807) is 6.92 Å². The van der Waals surface area contributed by atoms with E-state index in [9.17, 15) is 4.79 Å². The number of amides is 1. The standard InChI is InChI=1S/C17H31N3O/c1-4-6-7-8-9-10-11-17-19-13-15-20(17,5-2)14-12-18-16(3)21/h9-10H,4-8,11-15H2,1-3H3/p+1/b10-9+. The molecule has 0 aromatic heterocycles. The number of amidine groups is 1. The molecule has 0 bridgehead atoms. The minimum Gasteiger partial charge on any atom is -0.351 e. The molecule has 1 heterocycles. The van der Waals surface area contributed by atoms with Gasteiger partial charge in [0.25, 0.3) is 0 Å². The van der Waals surface area contributed by atoms with Gasteiger partial charge >= 0.3 is 0 Å². The summed E-state index contributed by atoms with van der Waals surface area (Å²) in [6, 6.07) is 0. The second-order valence-electron chi connectivity index (χ2n) is 5.86. The minimum atomic E-state index is 0.0535. The first-order valence-corrected chi connectivity index (χ1v) is 8.44. The van der Waals surface area contributed by atoms with Crippen LogP contribution in [-0.2, 0) is 4.79 Å². The maximum Gasteiger partial charge on any atom is 0.217 e. The summed E-state index contributed by atoms with van der Waals surface area (Å²) in [7, 11) is 0. The van der Waals surface area contributed by atoms with Gasteiger partial charge in [-0.05, 0) is 19.8 Å². The smallest absolute Gasteiger partial charge is 0.217 e. The van der Waals surface area contributed by atoms with Gasteiger partial charge in [0.2, 0.25) is 11.7 Å². The molecule has 0 spiro atoms. The number of unbranched alkanes of at least 4 members (excludes halogenated alkanes) is 3. The summed E-state index contributed by atoms with van der Waals surface area (Å²) >= 11 is 0. The molecule has 0 aromatic carbocycles. The van der Waals surface area contributed by atoms with E-state index in [1.165, 1.54) is 31.5 Å². The zero-order valence-corrected chi connectivity index (χ0v) is 14.0. The molecule has 1 N–H and O–H groups in total. The molecular weight excluding hydrogens is 262 g/mol. The molecular formula is C17H32N3O+. The van der Waals surface area contributed by atoms with Crippen LogP contribution < -0.4 is 5.32 Å². The molecule has 0 saturated heterocycles. The number of hydrogen-bond acceptors (Lipinski definition) is 2. The molecule has 0 aliphatic carbocycles. The minimum absolute atomic E-state index is 0.0535. The number of aliphatic imine (C=N–C) groups is 1. The van der Waals surface area contributed by atoms with Crippen molar-refractivity contribution in [2.24, 2.45) is 4.99 Å². The van der Waals surface area contributed by atoms with Crippen molar-refractivity contribution in [3.63, 3.8) is 0 Å². The average molecular weight is 294 g/mol. The lowest BCUT2D eigenvalue weighted by Gasteiger charge is -2.33. The number of quaternary nitrogens is 1. The molecule has 1 rings (SSSR count). The number of allylic oxidation sites excluding steroid dienone is 1. The first kappa shape index (κ1) is 17.9. The normalized spacial score (nSPS) is 21.8. The Labute approximate surface area is 129 Å². The van der Waals surface area contributed by atoms with Crippen LogP contribution in [0.5, 0.6) is 0 Å². The number of rotatable bonds is 10. The molecule has 1 aliphatic rings. The van der Waals surface area contributed by atoms with E-state index in [1.807, 2.05) is 0 Å². The van der Waals surface area contributed by atoms with Crippen LogP contribution in [0.3, 0.4) is 0 Å². The Morgan fingerprint density at radius 1 is 1.33 bits per heavy atom. The van der Waals surface area contributed by atoms with Crippen LogP contribution in [0.15, 0.2) is 17.1 Å². The summed E-state index contributed by atoms with van der Waals surface area (Å²) in [6.45, 7) is 10.8.